The molecule has 2 heteroatoms. The lowest BCUT2D eigenvalue weighted by molar-refractivity contribution is -0.268. The normalized spacial score (nSPS) is 46.6. The van der Waals surface area contributed by atoms with Crippen molar-refractivity contribution in [2.75, 3.05) is 0 Å². The smallest absolute Gasteiger partial charge is 0.119 e. The molecule has 0 aromatic rings. The van der Waals surface area contributed by atoms with Crippen molar-refractivity contribution in [3.63, 3.8) is 0 Å². The van der Waals surface area contributed by atoms with Crippen LogP contribution in [-0.2, 0) is 4.74 Å². The van der Waals surface area contributed by atoms with E-state index in [9.17, 15) is 0 Å². The summed E-state index contributed by atoms with van der Waals surface area (Å²) in [5, 5.41) is 0. The summed E-state index contributed by atoms with van der Waals surface area (Å²) in [5.41, 5.74) is 0.0755. The molecule has 0 N–H and O–H groups in total. The first-order chi connectivity index (χ1) is 8.23. The summed E-state index contributed by atoms with van der Waals surface area (Å²) >= 11 is 0. The average Bonchev–Trinajstić information content (AvgIpc) is 2.29. The van der Waals surface area contributed by atoms with E-state index < -0.39 is 0 Å². The van der Waals surface area contributed by atoms with Gasteiger partial charge in [0.15, 0.2) is 0 Å². The zero-order valence-corrected chi connectivity index (χ0v) is 11.5. The lowest BCUT2D eigenvalue weighted by Crippen LogP contribution is -2.66. The molecule has 3 rings (SSSR count). The fraction of sp³-hybridized carbons (Fsp3) is 1.00. The highest BCUT2D eigenvalue weighted by atomic mass is 16.5. The van der Waals surface area contributed by atoms with Gasteiger partial charge in [-0.25, -0.2) is 0 Å². The summed E-state index contributed by atoms with van der Waals surface area (Å²) in [5.74, 6) is 0. The van der Waals surface area contributed by atoms with Gasteiger partial charge >= 0.3 is 0 Å². The highest BCUT2D eigenvalue weighted by molar-refractivity contribution is 4.99. The van der Waals surface area contributed by atoms with Crippen molar-refractivity contribution in [2.45, 2.75) is 95.5 Å². The van der Waals surface area contributed by atoms with Crippen molar-refractivity contribution in [1.29, 1.82) is 0 Å². The van der Waals surface area contributed by atoms with Crippen LogP contribution in [0.2, 0.25) is 0 Å². The Labute approximate surface area is 106 Å². The van der Waals surface area contributed by atoms with Gasteiger partial charge in [0.05, 0.1) is 6.10 Å². The van der Waals surface area contributed by atoms with Gasteiger partial charge in [0.25, 0.3) is 0 Å². The number of hydrogen-bond acceptors (Lipinski definition) is 2. The zero-order valence-electron chi connectivity index (χ0n) is 11.5. The van der Waals surface area contributed by atoms with E-state index >= 15 is 0 Å². The first-order valence-electron chi connectivity index (χ1n) is 7.69. The Balaban J connectivity index is 1.81. The maximum Gasteiger partial charge on any atom is 0.119 e. The minimum absolute atomic E-state index is 0.0755. The lowest BCUT2D eigenvalue weighted by Gasteiger charge is -2.59. The maximum absolute atomic E-state index is 6.48. The minimum atomic E-state index is 0.0755. The van der Waals surface area contributed by atoms with Gasteiger partial charge in [-0.1, -0.05) is 19.8 Å². The third kappa shape index (κ3) is 2.04. The average molecular weight is 237 g/mol. The minimum Gasteiger partial charge on any atom is -0.357 e. The standard InChI is InChI=1S/C15H27NO/c1-3-6-14-11-13-8-4-7-12-9-5-10-15(2,17-14)16(12)13/h12-14H,3-11H2,1-2H3/t12-,13-,14+,15-/m0/s1. The van der Waals surface area contributed by atoms with Crippen molar-refractivity contribution in [1.82, 2.24) is 4.90 Å². The largest absolute Gasteiger partial charge is 0.357 e. The fourth-order valence-corrected chi connectivity index (χ4v) is 4.58. The van der Waals surface area contributed by atoms with Gasteiger partial charge in [-0.05, 0) is 51.9 Å². The molecule has 0 aliphatic carbocycles. The Morgan fingerprint density at radius 1 is 1.18 bits per heavy atom. The summed E-state index contributed by atoms with van der Waals surface area (Å²) in [6.45, 7) is 4.64. The Kier molecular flexibility index (Phi) is 3.20. The molecule has 0 aromatic carbocycles. The number of rotatable bonds is 2. The molecular weight excluding hydrogens is 210 g/mol. The van der Waals surface area contributed by atoms with Crippen LogP contribution in [0.1, 0.15) is 71.6 Å². The van der Waals surface area contributed by atoms with E-state index in [1.54, 1.807) is 0 Å². The summed E-state index contributed by atoms with van der Waals surface area (Å²) < 4.78 is 6.48. The second-order valence-electron chi connectivity index (χ2n) is 6.48. The van der Waals surface area contributed by atoms with Crippen LogP contribution in [0.5, 0.6) is 0 Å². The van der Waals surface area contributed by atoms with Crippen molar-refractivity contribution in [2.24, 2.45) is 0 Å². The van der Waals surface area contributed by atoms with Gasteiger partial charge in [0, 0.05) is 12.1 Å². The molecule has 2 nitrogen and oxygen atoms in total. The number of nitrogens with zero attached hydrogens (tertiary/aromatic N) is 1. The number of piperidine rings is 2. The monoisotopic (exact) mass is 237 g/mol. The third-order valence-corrected chi connectivity index (χ3v) is 5.15. The summed E-state index contributed by atoms with van der Waals surface area (Å²) in [7, 11) is 0. The van der Waals surface area contributed by atoms with Crippen LogP contribution in [0.3, 0.4) is 0 Å². The summed E-state index contributed by atoms with van der Waals surface area (Å²) in [6.07, 6.45) is 12.6. The van der Waals surface area contributed by atoms with Crippen LogP contribution in [-0.4, -0.2) is 28.8 Å². The van der Waals surface area contributed by atoms with Gasteiger partial charge in [0.2, 0.25) is 0 Å². The van der Waals surface area contributed by atoms with Gasteiger partial charge in [0.1, 0.15) is 5.72 Å². The predicted molar refractivity (Wildman–Crippen MR) is 69.9 cm³/mol. The number of hydrogen-bond donors (Lipinski definition) is 0. The van der Waals surface area contributed by atoms with E-state index in [0.717, 1.165) is 12.1 Å². The molecule has 0 aromatic heterocycles. The second-order valence-corrected chi connectivity index (χ2v) is 6.48. The van der Waals surface area contributed by atoms with Crippen molar-refractivity contribution in [3.05, 3.63) is 0 Å². The molecule has 98 valence electrons. The second kappa shape index (κ2) is 4.55. The Hall–Kier alpha value is -0.0800. The Morgan fingerprint density at radius 3 is 2.76 bits per heavy atom. The Bertz CT molecular complexity index is 278. The topological polar surface area (TPSA) is 12.5 Å². The molecule has 3 fully saturated rings. The number of ether oxygens (including phenoxy) is 1. The first-order valence-corrected chi connectivity index (χ1v) is 7.69. The molecule has 3 aliphatic heterocycles. The predicted octanol–water partition coefficient (Wildman–Crippen LogP) is 3.70. The fourth-order valence-electron chi connectivity index (χ4n) is 4.58. The van der Waals surface area contributed by atoms with Crippen molar-refractivity contribution in [3.8, 4) is 0 Å². The quantitative estimate of drug-likeness (QED) is 0.726. The van der Waals surface area contributed by atoms with Crippen molar-refractivity contribution >= 4 is 0 Å². The molecule has 0 radical (unpaired) electrons. The lowest BCUT2D eigenvalue weighted by atomic mass is 9.80. The van der Waals surface area contributed by atoms with E-state index in [1.165, 1.54) is 57.8 Å². The third-order valence-electron chi connectivity index (χ3n) is 5.15. The van der Waals surface area contributed by atoms with Crippen LogP contribution in [0, 0.1) is 0 Å². The Morgan fingerprint density at radius 2 is 1.94 bits per heavy atom. The molecule has 0 bridgehead atoms. The van der Waals surface area contributed by atoms with E-state index in [2.05, 4.69) is 18.7 Å². The van der Waals surface area contributed by atoms with Crippen molar-refractivity contribution < 1.29 is 4.74 Å². The molecule has 3 saturated heterocycles. The summed E-state index contributed by atoms with van der Waals surface area (Å²) in [4.78, 5) is 2.77. The van der Waals surface area contributed by atoms with Crippen LogP contribution in [0.15, 0.2) is 0 Å². The highest BCUT2D eigenvalue weighted by Gasteiger charge is 2.50. The molecule has 0 saturated carbocycles. The van der Waals surface area contributed by atoms with Gasteiger partial charge in [-0.2, -0.15) is 0 Å². The van der Waals surface area contributed by atoms with Gasteiger partial charge < -0.3 is 4.74 Å². The van der Waals surface area contributed by atoms with Crippen LogP contribution < -0.4 is 0 Å². The van der Waals surface area contributed by atoms with E-state index in [-0.39, 0.29) is 5.72 Å². The van der Waals surface area contributed by atoms with E-state index in [0.29, 0.717) is 6.10 Å². The molecular formula is C15H27NO. The molecule has 0 unspecified atom stereocenters. The van der Waals surface area contributed by atoms with E-state index in [1.807, 2.05) is 0 Å². The maximum atomic E-state index is 6.48. The zero-order chi connectivity index (χ0) is 11.9. The highest BCUT2D eigenvalue weighted by Crippen LogP contribution is 2.46. The molecule has 0 amide bonds. The first kappa shape index (κ1) is 12.0. The van der Waals surface area contributed by atoms with E-state index in [4.69, 9.17) is 4.74 Å². The van der Waals surface area contributed by atoms with Gasteiger partial charge in [-0.3, -0.25) is 4.90 Å². The van der Waals surface area contributed by atoms with Crippen LogP contribution in [0.25, 0.3) is 0 Å². The summed E-state index contributed by atoms with van der Waals surface area (Å²) in [6, 6.07) is 1.65. The van der Waals surface area contributed by atoms with Crippen LogP contribution in [0.4, 0.5) is 0 Å². The molecule has 3 heterocycles. The molecule has 3 aliphatic rings. The molecule has 17 heavy (non-hydrogen) atoms. The SMILES string of the molecule is CCC[C@@H]1C[C@@H]2CCC[C@H]3CCC[C@](C)(O1)N32. The molecule has 4 atom stereocenters. The molecule has 0 spiro atoms. The van der Waals surface area contributed by atoms with Gasteiger partial charge in [-0.15, -0.1) is 0 Å². The van der Waals surface area contributed by atoms with Crippen LogP contribution >= 0.6 is 0 Å².